The van der Waals surface area contributed by atoms with Crippen LogP contribution in [-0.4, -0.2) is 38.6 Å². The maximum atomic E-state index is 11.7. The third-order valence-corrected chi connectivity index (χ3v) is 3.10. The van der Waals surface area contributed by atoms with Crippen molar-refractivity contribution in [1.29, 1.82) is 0 Å². The number of rotatable bonds is 7. The Labute approximate surface area is 120 Å². The summed E-state index contributed by atoms with van der Waals surface area (Å²) in [5.41, 5.74) is 0.476. The summed E-state index contributed by atoms with van der Waals surface area (Å²) in [7, 11) is 1.56. The first kappa shape index (κ1) is 15.7. The summed E-state index contributed by atoms with van der Waals surface area (Å²) in [4.78, 5) is 22.5. The van der Waals surface area contributed by atoms with E-state index in [-0.39, 0.29) is 5.91 Å². The summed E-state index contributed by atoms with van der Waals surface area (Å²) in [5.74, 6) is 0.243. The van der Waals surface area contributed by atoms with E-state index in [0.29, 0.717) is 28.9 Å². The van der Waals surface area contributed by atoms with Gasteiger partial charge in [-0.15, -0.1) is 0 Å². The topological polar surface area (TPSA) is 64.6 Å². The van der Waals surface area contributed by atoms with Crippen molar-refractivity contribution in [2.45, 2.75) is 13.0 Å². The fourth-order valence-corrected chi connectivity index (χ4v) is 1.70. The molecule has 0 heterocycles. The van der Waals surface area contributed by atoms with E-state index in [0.717, 1.165) is 6.29 Å². The molecule has 0 bridgehead atoms. The Balaban J connectivity index is 2.58. The molecule has 1 amide bonds. The summed E-state index contributed by atoms with van der Waals surface area (Å²) < 4.78 is 11.0. The molecule has 0 aliphatic rings. The van der Waals surface area contributed by atoms with Gasteiger partial charge in [0.15, 0.2) is 12.4 Å². The average Bonchev–Trinajstić information content (AvgIpc) is 2.41. The van der Waals surface area contributed by atoms with Crippen molar-refractivity contribution in [3.8, 4) is 5.75 Å². The highest BCUT2D eigenvalue weighted by Crippen LogP contribution is 2.21. The van der Waals surface area contributed by atoms with Crippen LogP contribution in [-0.2, 0) is 9.53 Å². The molecular weight excluding hydrogens is 314 g/mol. The van der Waals surface area contributed by atoms with Crippen molar-refractivity contribution in [2.75, 3.05) is 20.3 Å². The first-order valence-corrected chi connectivity index (χ1v) is 6.55. The van der Waals surface area contributed by atoms with E-state index in [9.17, 15) is 9.59 Å². The van der Waals surface area contributed by atoms with Gasteiger partial charge in [-0.05, 0) is 25.1 Å². The van der Waals surface area contributed by atoms with Crippen LogP contribution in [0.3, 0.4) is 0 Å². The van der Waals surface area contributed by atoms with E-state index in [1.54, 1.807) is 32.2 Å². The van der Waals surface area contributed by atoms with Gasteiger partial charge in [-0.25, -0.2) is 0 Å². The van der Waals surface area contributed by atoms with Crippen molar-refractivity contribution in [1.82, 2.24) is 5.32 Å². The van der Waals surface area contributed by atoms with E-state index in [1.807, 2.05) is 0 Å². The van der Waals surface area contributed by atoms with Crippen molar-refractivity contribution >= 4 is 28.1 Å². The largest absolute Gasteiger partial charge is 0.481 e. The maximum Gasteiger partial charge on any atom is 0.260 e. The predicted molar refractivity (Wildman–Crippen MR) is 74.5 cm³/mol. The molecule has 0 fully saturated rings. The third-order valence-electron chi connectivity index (χ3n) is 2.38. The van der Waals surface area contributed by atoms with Crippen LogP contribution in [0, 0.1) is 0 Å². The molecular formula is C13H16BrNO4. The maximum absolute atomic E-state index is 11.7. The molecule has 1 unspecified atom stereocenters. The van der Waals surface area contributed by atoms with Gasteiger partial charge >= 0.3 is 0 Å². The number of nitrogens with one attached hydrogen (secondary N) is 1. The van der Waals surface area contributed by atoms with Crippen LogP contribution in [0.15, 0.2) is 22.7 Å². The minimum Gasteiger partial charge on any atom is -0.481 e. The molecule has 104 valence electrons. The minimum absolute atomic E-state index is 0.229. The molecule has 0 aromatic heterocycles. The fourth-order valence-electron chi connectivity index (χ4n) is 1.36. The number of halogens is 1. The average molecular weight is 330 g/mol. The summed E-state index contributed by atoms with van der Waals surface area (Å²) in [5, 5.41) is 2.68. The number of amides is 1. The SMILES string of the molecule is COCCNC(=O)C(C)Oc1ccc(Br)c(C=O)c1. The summed E-state index contributed by atoms with van der Waals surface area (Å²) in [6.07, 6.45) is 0.0813. The molecule has 0 aliphatic carbocycles. The van der Waals surface area contributed by atoms with Gasteiger partial charge in [-0.3, -0.25) is 9.59 Å². The lowest BCUT2D eigenvalue weighted by molar-refractivity contribution is -0.127. The second-order valence-corrected chi connectivity index (χ2v) is 4.70. The van der Waals surface area contributed by atoms with Crippen molar-refractivity contribution < 1.29 is 19.1 Å². The molecule has 0 saturated heterocycles. The number of hydrogen-bond acceptors (Lipinski definition) is 4. The number of benzene rings is 1. The second-order valence-electron chi connectivity index (χ2n) is 3.85. The smallest absolute Gasteiger partial charge is 0.260 e. The highest BCUT2D eigenvalue weighted by atomic mass is 79.9. The van der Waals surface area contributed by atoms with Crippen LogP contribution in [0.5, 0.6) is 5.75 Å². The van der Waals surface area contributed by atoms with Crippen molar-refractivity contribution in [2.24, 2.45) is 0 Å². The standard InChI is InChI=1S/C13H16BrNO4/c1-9(13(17)15-5-6-18-2)19-11-3-4-12(14)10(7-11)8-16/h3-4,7-9H,5-6H2,1-2H3,(H,15,17). The van der Waals surface area contributed by atoms with E-state index in [4.69, 9.17) is 9.47 Å². The quantitative estimate of drug-likeness (QED) is 0.612. The van der Waals surface area contributed by atoms with Crippen molar-refractivity contribution in [3.05, 3.63) is 28.2 Å². The van der Waals surface area contributed by atoms with Gasteiger partial charge in [0, 0.05) is 23.7 Å². The Morgan fingerprint density at radius 1 is 1.53 bits per heavy atom. The van der Waals surface area contributed by atoms with Crippen LogP contribution in [0.4, 0.5) is 0 Å². The number of aldehydes is 1. The number of carbonyl (C=O) groups is 2. The lowest BCUT2D eigenvalue weighted by Crippen LogP contribution is -2.37. The minimum atomic E-state index is -0.641. The Morgan fingerprint density at radius 2 is 2.26 bits per heavy atom. The molecule has 5 nitrogen and oxygen atoms in total. The van der Waals surface area contributed by atoms with Gasteiger partial charge in [-0.1, -0.05) is 15.9 Å². The molecule has 1 atom stereocenters. The Hall–Kier alpha value is -1.40. The van der Waals surface area contributed by atoms with Crippen LogP contribution < -0.4 is 10.1 Å². The summed E-state index contributed by atoms with van der Waals surface area (Å²) in [6.45, 7) is 2.53. The number of carbonyl (C=O) groups excluding carboxylic acids is 2. The van der Waals surface area contributed by atoms with Gasteiger partial charge in [0.05, 0.1) is 6.61 Å². The van der Waals surface area contributed by atoms with Gasteiger partial charge in [-0.2, -0.15) is 0 Å². The molecule has 0 saturated carbocycles. The number of hydrogen-bond donors (Lipinski definition) is 1. The zero-order chi connectivity index (χ0) is 14.3. The summed E-state index contributed by atoms with van der Waals surface area (Å²) >= 11 is 3.25. The predicted octanol–water partition coefficient (Wildman–Crippen LogP) is 1.79. The molecule has 0 aliphatic heterocycles. The van der Waals surface area contributed by atoms with E-state index in [2.05, 4.69) is 21.2 Å². The molecule has 1 rings (SSSR count). The molecule has 19 heavy (non-hydrogen) atoms. The molecule has 0 radical (unpaired) electrons. The second kappa shape index (κ2) is 7.91. The van der Waals surface area contributed by atoms with E-state index in [1.165, 1.54) is 0 Å². The zero-order valence-corrected chi connectivity index (χ0v) is 12.4. The van der Waals surface area contributed by atoms with E-state index >= 15 is 0 Å². The normalized spacial score (nSPS) is 11.7. The first-order valence-electron chi connectivity index (χ1n) is 5.76. The zero-order valence-electron chi connectivity index (χ0n) is 10.8. The third kappa shape index (κ3) is 5.00. The Kier molecular flexibility index (Phi) is 6.52. The lowest BCUT2D eigenvalue weighted by atomic mass is 10.2. The molecule has 1 N–H and O–H groups in total. The summed E-state index contributed by atoms with van der Waals surface area (Å²) in [6, 6.07) is 4.97. The Bertz CT molecular complexity index is 450. The lowest BCUT2D eigenvalue weighted by Gasteiger charge is -2.15. The monoisotopic (exact) mass is 329 g/mol. The number of methoxy groups -OCH3 is 1. The molecule has 0 spiro atoms. The van der Waals surface area contributed by atoms with Gasteiger partial charge in [0.2, 0.25) is 0 Å². The highest BCUT2D eigenvalue weighted by molar-refractivity contribution is 9.10. The van der Waals surface area contributed by atoms with Crippen LogP contribution in [0.25, 0.3) is 0 Å². The van der Waals surface area contributed by atoms with Gasteiger partial charge < -0.3 is 14.8 Å². The molecule has 1 aromatic rings. The first-order chi connectivity index (χ1) is 9.08. The molecule has 1 aromatic carbocycles. The van der Waals surface area contributed by atoms with Crippen LogP contribution in [0.1, 0.15) is 17.3 Å². The molecule has 6 heteroatoms. The van der Waals surface area contributed by atoms with Gasteiger partial charge in [0.1, 0.15) is 5.75 Å². The van der Waals surface area contributed by atoms with Crippen LogP contribution >= 0.6 is 15.9 Å². The highest BCUT2D eigenvalue weighted by Gasteiger charge is 2.14. The van der Waals surface area contributed by atoms with Crippen LogP contribution in [0.2, 0.25) is 0 Å². The van der Waals surface area contributed by atoms with Gasteiger partial charge in [0.25, 0.3) is 5.91 Å². The van der Waals surface area contributed by atoms with Crippen molar-refractivity contribution in [3.63, 3.8) is 0 Å². The Morgan fingerprint density at radius 3 is 2.89 bits per heavy atom. The van der Waals surface area contributed by atoms with E-state index < -0.39 is 6.10 Å². The number of ether oxygens (including phenoxy) is 2. The fraction of sp³-hybridized carbons (Fsp3) is 0.385.